The van der Waals surface area contributed by atoms with Crippen LogP contribution in [0.15, 0.2) is 24.5 Å². The second-order valence-corrected chi connectivity index (χ2v) is 5.21. The summed E-state index contributed by atoms with van der Waals surface area (Å²) in [5.41, 5.74) is 1.36. The molecule has 0 saturated carbocycles. The highest BCUT2D eigenvalue weighted by Crippen LogP contribution is 2.22. The Bertz CT molecular complexity index is 365. The molecule has 0 bridgehead atoms. The van der Waals surface area contributed by atoms with Crippen LogP contribution in [0.1, 0.15) is 45.2 Å². The van der Waals surface area contributed by atoms with Crippen LogP contribution < -0.4 is 5.32 Å². The van der Waals surface area contributed by atoms with Gasteiger partial charge in [0.15, 0.2) is 0 Å². The third-order valence-electron chi connectivity index (χ3n) is 2.98. The predicted octanol–water partition coefficient (Wildman–Crippen LogP) is 3.06. The molecule has 0 aliphatic heterocycles. The summed E-state index contributed by atoms with van der Waals surface area (Å²) in [6.07, 6.45) is 5.22. The van der Waals surface area contributed by atoms with Crippen molar-refractivity contribution in [3.05, 3.63) is 30.1 Å². The van der Waals surface area contributed by atoms with Crippen LogP contribution in [0.25, 0.3) is 0 Å². The van der Waals surface area contributed by atoms with E-state index in [9.17, 15) is 0 Å². The number of rotatable bonds is 6. The van der Waals surface area contributed by atoms with Crippen molar-refractivity contribution in [2.75, 3.05) is 6.54 Å². The average molecular weight is 231 g/mol. The highest BCUT2D eigenvalue weighted by Gasteiger charge is 2.18. The normalized spacial score (nSPS) is 13.1. The summed E-state index contributed by atoms with van der Waals surface area (Å²) < 4.78 is 0. The van der Waals surface area contributed by atoms with E-state index in [2.05, 4.69) is 43.2 Å². The van der Waals surface area contributed by atoms with E-state index in [1.54, 1.807) is 6.20 Å². The minimum absolute atomic E-state index is 0.159. The number of pyridine rings is 1. The van der Waals surface area contributed by atoms with Gasteiger partial charge in [-0.2, -0.15) is 5.26 Å². The fourth-order valence-corrected chi connectivity index (χ4v) is 1.66. The third kappa shape index (κ3) is 4.97. The molecular weight excluding hydrogens is 210 g/mol. The molecule has 0 unspecified atom stereocenters. The van der Waals surface area contributed by atoms with Crippen molar-refractivity contribution in [3.8, 4) is 6.07 Å². The van der Waals surface area contributed by atoms with Gasteiger partial charge in [-0.25, -0.2) is 0 Å². The molecule has 0 saturated heterocycles. The topological polar surface area (TPSA) is 48.7 Å². The number of nitriles is 1. The van der Waals surface area contributed by atoms with Crippen LogP contribution in [0, 0.1) is 16.7 Å². The molecule has 1 aromatic heterocycles. The molecule has 0 aliphatic rings. The maximum atomic E-state index is 8.61. The van der Waals surface area contributed by atoms with Crippen molar-refractivity contribution in [1.82, 2.24) is 10.3 Å². The molecule has 0 fully saturated rings. The Morgan fingerprint density at radius 2 is 2.29 bits per heavy atom. The third-order valence-corrected chi connectivity index (χ3v) is 2.98. The van der Waals surface area contributed by atoms with Crippen LogP contribution >= 0.6 is 0 Å². The van der Waals surface area contributed by atoms with E-state index in [4.69, 9.17) is 5.26 Å². The first kappa shape index (κ1) is 13.7. The van der Waals surface area contributed by atoms with Crippen molar-refractivity contribution in [3.63, 3.8) is 0 Å². The summed E-state index contributed by atoms with van der Waals surface area (Å²) in [6.45, 7) is 7.42. The monoisotopic (exact) mass is 231 g/mol. The van der Waals surface area contributed by atoms with Crippen LogP contribution in [-0.4, -0.2) is 11.5 Å². The lowest BCUT2D eigenvalue weighted by atomic mass is 9.87. The van der Waals surface area contributed by atoms with Crippen LogP contribution in [0.2, 0.25) is 0 Å². The van der Waals surface area contributed by atoms with E-state index in [0.717, 1.165) is 13.0 Å². The molecule has 3 heteroatoms. The Hall–Kier alpha value is -1.40. The van der Waals surface area contributed by atoms with Gasteiger partial charge in [-0.3, -0.25) is 4.98 Å². The summed E-state index contributed by atoms with van der Waals surface area (Å²) in [4.78, 5) is 4.12. The molecule has 0 amide bonds. The summed E-state index contributed by atoms with van der Waals surface area (Å²) in [5.74, 6) is 0. The highest BCUT2D eigenvalue weighted by atomic mass is 14.9. The molecule has 0 spiro atoms. The lowest BCUT2D eigenvalue weighted by Gasteiger charge is -2.26. The van der Waals surface area contributed by atoms with Crippen LogP contribution in [-0.2, 0) is 0 Å². The Kier molecular flexibility index (Phi) is 5.11. The average Bonchev–Trinajstić information content (AvgIpc) is 2.35. The molecule has 1 heterocycles. The van der Waals surface area contributed by atoms with E-state index >= 15 is 0 Å². The summed E-state index contributed by atoms with van der Waals surface area (Å²) in [7, 11) is 0. The first-order chi connectivity index (χ1) is 8.05. The molecule has 3 nitrogen and oxygen atoms in total. The summed E-state index contributed by atoms with van der Waals surface area (Å²) >= 11 is 0. The Balaban J connectivity index is 2.43. The number of nitrogens with zero attached hydrogens (tertiary/aromatic N) is 2. The van der Waals surface area contributed by atoms with Gasteiger partial charge in [-0.15, -0.1) is 0 Å². The highest BCUT2D eigenvalue weighted by molar-refractivity contribution is 5.12. The minimum atomic E-state index is 0.159. The molecule has 0 aliphatic carbocycles. The maximum absolute atomic E-state index is 8.61. The second kappa shape index (κ2) is 6.36. The fraction of sp³-hybridized carbons (Fsp3) is 0.571. The van der Waals surface area contributed by atoms with Crippen LogP contribution in [0.4, 0.5) is 0 Å². The van der Waals surface area contributed by atoms with Crippen LogP contribution in [0.3, 0.4) is 0 Å². The lowest BCUT2D eigenvalue weighted by molar-refractivity contribution is 0.304. The van der Waals surface area contributed by atoms with Gasteiger partial charge in [0.2, 0.25) is 0 Å². The van der Waals surface area contributed by atoms with Gasteiger partial charge in [-0.05, 0) is 30.4 Å². The van der Waals surface area contributed by atoms with Crippen LogP contribution in [0.5, 0.6) is 0 Å². The van der Waals surface area contributed by atoms with E-state index in [1.807, 2.05) is 12.3 Å². The summed E-state index contributed by atoms with van der Waals surface area (Å²) in [6, 6.07) is 6.53. The van der Waals surface area contributed by atoms with Gasteiger partial charge in [0.1, 0.15) is 0 Å². The quantitative estimate of drug-likeness (QED) is 0.818. The first-order valence-corrected chi connectivity index (χ1v) is 6.05. The minimum Gasteiger partial charge on any atom is -0.310 e. The van der Waals surface area contributed by atoms with Crippen molar-refractivity contribution >= 4 is 0 Å². The van der Waals surface area contributed by atoms with E-state index in [0.29, 0.717) is 12.5 Å². The predicted molar refractivity (Wildman–Crippen MR) is 69.3 cm³/mol. The first-order valence-electron chi connectivity index (χ1n) is 6.05. The molecule has 1 atom stereocenters. The fourth-order valence-electron chi connectivity index (χ4n) is 1.66. The Morgan fingerprint density at radius 1 is 1.53 bits per heavy atom. The molecule has 1 rings (SSSR count). The van der Waals surface area contributed by atoms with Crippen molar-refractivity contribution in [2.24, 2.45) is 5.41 Å². The van der Waals surface area contributed by atoms with Gasteiger partial charge in [0.25, 0.3) is 0 Å². The molecule has 17 heavy (non-hydrogen) atoms. The van der Waals surface area contributed by atoms with Gasteiger partial charge in [-0.1, -0.05) is 19.9 Å². The molecule has 1 aromatic rings. The zero-order chi connectivity index (χ0) is 12.7. The van der Waals surface area contributed by atoms with E-state index in [1.165, 1.54) is 5.56 Å². The molecule has 0 aromatic carbocycles. The zero-order valence-electron chi connectivity index (χ0n) is 10.9. The SMILES string of the molecule is C[C@H](NCC(C)(C)CCC#N)c1cccnc1. The number of aromatic nitrogens is 1. The molecular formula is C14H21N3. The van der Waals surface area contributed by atoms with E-state index in [-0.39, 0.29) is 5.41 Å². The van der Waals surface area contributed by atoms with Crippen molar-refractivity contribution in [1.29, 1.82) is 5.26 Å². The maximum Gasteiger partial charge on any atom is 0.0621 e. The van der Waals surface area contributed by atoms with Crippen molar-refractivity contribution in [2.45, 2.75) is 39.7 Å². The van der Waals surface area contributed by atoms with Gasteiger partial charge in [0, 0.05) is 31.4 Å². The standard InChI is InChI=1S/C14H21N3/c1-12(13-6-4-9-16-10-13)17-11-14(2,3)7-5-8-15/h4,6,9-10,12,17H,5,7,11H2,1-3H3/t12-/m0/s1. The Labute approximate surface area is 104 Å². The van der Waals surface area contributed by atoms with E-state index < -0.39 is 0 Å². The van der Waals surface area contributed by atoms with Gasteiger partial charge >= 0.3 is 0 Å². The van der Waals surface area contributed by atoms with Crippen molar-refractivity contribution < 1.29 is 0 Å². The number of hydrogen-bond acceptors (Lipinski definition) is 3. The molecule has 0 radical (unpaired) electrons. The summed E-state index contributed by atoms with van der Waals surface area (Å²) in [5, 5.41) is 12.1. The molecule has 92 valence electrons. The Morgan fingerprint density at radius 3 is 2.88 bits per heavy atom. The van der Waals surface area contributed by atoms with Gasteiger partial charge in [0.05, 0.1) is 6.07 Å². The number of hydrogen-bond donors (Lipinski definition) is 1. The number of nitrogens with one attached hydrogen (secondary N) is 1. The largest absolute Gasteiger partial charge is 0.310 e. The molecule has 1 N–H and O–H groups in total. The zero-order valence-corrected chi connectivity index (χ0v) is 10.9. The lowest BCUT2D eigenvalue weighted by Crippen LogP contribution is -2.31. The van der Waals surface area contributed by atoms with Gasteiger partial charge < -0.3 is 5.32 Å². The smallest absolute Gasteiger partial charge is 0.0621 e. The second-order valence-electron chi connectivity index (χ2n) is 5.21.